The normalized spacial score (nSPS) is 35.0. The first kappa shape index (κ1) is 14.1. The number of nitrogens with zero attached hydrogens (tertiary/aromatic N) is 1. The lowest BCUT2D eigenvalue weighted by Gasteiger charge is -2.32. The Bertz CT molecular complexity index is 267. The molecular formula is C13H23F3N2. The van der Waals surface area contributed by atoms with Gasteiger partial charge in [-0.25, -0.2) is 0 Å². The highest BCUT2D eigenvalue weighted by Gasteiger charge is 2.42. The monoisotopic (exact) mass is 264 g/mol. The molecule has 0 aromatic rings. The highest BCUT2D eigenvalue weighted by Crippen LogP contribution is 2.37. The van der Waals surface area contributed by atoms with E-state index in [4.69, 9.17) is 0 Å². The van der Waals surface area contributed by atoms with Gasteiger partial charge in [0.2, 0.25) is 0 Å². The molecule has 2 nitrogen and oxygen atoms in total. The molecule has 0 unspecified atom stereocenters. The largest absolute Gasteiger partial charge is 0.391 e. The molecule has 1 aliphatic heterocycles. The Balaban J connectivity index is 1.76. The van der Waals surface area contributed by atoms with Crippen molar-refractivity contribution in [3.63, 3.8) is 0 Å². The number of hydrogen-bond acceptors (Lipinski definition) is 2. The molecule has 1 N–H and O–H groups in total. The predicted molar refractivity (Wildman–Crippen MR) is 65.5 cm³/mol. The summed E-state index contributed by atoms with van der Waals surface area (Å²) < 4.78 is 38.0. The van der Waals surface area contributed by atoms with Crippen molar-refractivity contribution in [3.8, 4) is 0 Å². The van der Waals surface area contributed by atoms with Crippen LogP contribution in [0.5, 0.6) is 0 Å². The lowest BCUT2D eigenvalue weighted by Crippen LogP contribution is -2.44. The number of rotatable bonds is 3. The van der Waals surface area contributed by atoms with Gasteiger partial charge in [-0.15, -0.1) is 0 Å². The fourth-order valence-electron chi connectivity index (χ4n) is 3.21. The van der Waals surface area contributed by atoms with Crippen molar-refractivity contribution in [1.82, 2.24) is 10.2 Å². The zero-order valence-electron chi connectivity index (χ0n) is 11.0. The quantitative estimate of drug-likeness (QED) is 0.843. The Kier molecular flexibility index (Phi) is 4.54. The second-order valence-electron chi connectivity index (χ2n) is 5.79. The van der Waals surface area contributed by atoms with Crippen LogP contribution in [0.15, 0.2) is 0 Å². The Hall–Kier alpha value is -0.290. The third-order valence-corrected chi connectivity index (χ3v) is 4.45. The van der Waals surface area contributed by atoms with Crippen LogP contribution in [0.3, 0.4) is 0 Å². The first-order chi connectivity index (χ1) is 8.47. The summed E-state index contributed by atoms with van der Waals surface area (Å²) in [5, 5.41) is 3.35. The molecule has 1 saturated carbocycles. The molecule has 1 heterocycles. The third-order valence-electron chi connectivity index (χ3n) is 4.45. The van der Waals surface area contributed by atoms with Crippen LogP contribution < -0.4 is 5.32 Å². The lowest BCUT2D eigenvalue weighted by molar-refractivity contribution is -0.183. The summed E-state index contributed by atoms with van der Waals surface area (Å²) in [6.45, 7) is 1.95. The van der Waals surface area contributed by atoms with E-state index in [9.17, 15) is 13.2 Å². The van der Waals surface area contributed by atoms with Crippen molar-refractivity contribution in [3.05, 3.63) is 0 Å². The molecule has 0 bridgehead atoms. The summed E-state index contributed by atoms with van der Waals surface area (Å²) >= 11 is 0. The van der Waals surface area contributed by atoms with Crippen LogP contribution in [0.25, 0.3) is 0 Å². The molecule has 5 heteroatoms. The molecule has 18 heavy (non-hydrogen) atoms. The SMILES string of the molecule is CN1CCC[C@@H]1CN[C@H]1CCC[C@H](C(F)(F)F)C1. The number of halogens is 3. The number of alkyl halides is 3. The minimum Gasteiger partial charge on any atom is -0.312 e. The van der Waals surface area contributed by atoms with Gasteiger partial charge < -0.3 is 10.2 Å². The van der Waals surface area contributed by atoms with Crippen LogP contribution in [0.2, 0.25) is 0 Å². The van der Waals surface area contributed by atoms with Crippen LogP contribution in [-0.2, 0) is 0 Å². The van der Waals surface area contributed by atoms with Crippen LogP contribution in [0.4, 0.5) is 13.2 Å². The van der Waals surface area contributed by atoms with Crippen molar-refractivity contribution in [2.24, 2.45) is 5.92 Å². The standard InChI is InChI=1S/C13H23F3N2/c1-18-7-3-6-12(18)9-17-11-5-2-4-10(8-11)13(14,15)16/h10-12,17H,2-9H2,1H3/t10-,11-,12+/m0/s1. The average molecular weight is 264 g/mol. The minimum absolute atomic E-state index is 0.0550. The molecule has 0 spiro atoms. The summed E-state index contributed by atoms with van der Waals surface area (Å²) in [7, 11) is 2.10. The first-order valence-electron chi connectivity index (χ1n) is 6.97. The molecule has 1 aliphatic carbocycles. The fraction of sp³-hybridized carbons (Fsp3) is 1.00. The van der Waals surface area contributed by atoms with E-state index in [0.717, 1.165) is 19.5 Å². The highest BCUT2D eigenvalue weighted by molar-refractivity contribution is 4.85. The van der Waals surface area contributed by atoms with E-state index >= 15 is 0 Å². The Labute approximate surface area is 107 Å². The number of likely N-dealkylation sites (tertiary alicyclic amines) is 1. The topological polar surface area (TPSA) is 15.3 Å². The summed E-state index contributed by atoms with van der Waals surface area (Å²) in [4.78, 5) is 2.30. The van der Waals surface area contributed by atoms with E-state index in [1.165, 1.54) is 12.8 Å². The van der Waals surface area contributed by atoms with Crippen molar-refractivity contribution in [1.29, 1.82) is 0 Å². The van der Waals surface area contributed by atoms with Gasteiger partial charge in [0.05, 0.1) is 5.92 Å². The molecule has 0 radical (unpaired) electrons. The van der Waals surface area contributed by atoms with Gasteiger partial charge in [-0.2, -0.15) is 13.2 Å². The van der Waals surface area contributed by atoms with Crippen LogP contribution >= 0.6 is 0 Å². The Morgan fingerprint density at radius 3 is 2.56 bits per heavy atom. The van der Waals surface area contributed by atoms with Crippen LogP contribution in [0.1, 0.15) is 38.5 Å². The molecule has 0 aromatic heterocycles. The lowest BCUT2D eigenvalue weighted by atomic mass is 9.85. The van der Waals surface area contributed by atoms with Crippen LogP contribution in [-0.4, -0.2) is 43.3 Å². The zero-order valence-corrected chi connectivity index (χ0v) is 11.0. The van der Waals surface area contributed by atoms with E-state index in [1.54, 1.807) is 0 Å². The first-order valence-corrected chi connectivity index (χ1v) is 6.97. The van der Waals surface area contributed by atoms with Crippen LogP contribution in [0, 0.1) is 5.92 Å². The second-order valence-corrected chi connectivity index (χ2v) is 5.79. The maximum Gasteiger partial charge on any atom is 0.391 e. The van der Waals surface area contributed by atoms with Gasteiger partial charge in [0.1, 0.15) is 0 Å². The molecule has 2 fully saturated rings. The van der Waals surface area contributed by atoms with Gasteiger partial charge in [-0.1, -0.05) is 6.42 Å². The van der Waals surface area contributed by atoms with Gasteiger partial charge in [0.25, 0.3) is 0 Å². The maximum atomic E-state index is 12.7. The summed E-state index contributed by atoms with van der Waals surface area (Å²) in [5.41, 5.74) is 0. The van der Waals surface area contributed by atoms with Crippen molar-refractivity contribution in [2.75, 3.05) is 20.1 Å². The molecule has 106 valence electrons. The number of hydrogen-bond donors (Lipinski definition) is 1. The van der Waals surface area contributed by atoms with E-state index in [2.05, 4.69) is 17.3 Å². The van der Waals surface area contributed by atoms with Gasteiger partial charge in [-0.05, 0) is 45.7 Å². The molecule has 0 amide bonds. The number of nitrogens with one attached hydrogen (secondary N) is 1. The summed E-state index contributed by atoms with van der Waals surface area (Å²) in [6, 6.07) is 0.565. The molecule has 3 atom stereocenters. The van der Waals surface area contributed by atoms with Crippen molar-refractivity contribution >= 4 is 0 Å². The second kappa shape index (κ2) is 5.78. The third kappa shape index (κ3) is 3.60. The molecule has 2 aliphatic rings. The highest BCUT2D eigenvalue weighted by atomic mass is 19.4. The minimum atomic E-state index is -4.01. The molecule has 1 saturated heterocycles. The fourth-order valence-corrected chi connectivity index (χ4v) is 3.21. The average Bonchev–Trinajstić information content (AvgIpc) is 2.72. The summed E-state index contributed by atoms with van der Waals surface area (Å²) in [5.74, 6) is -1.09. The maximum absolute atomic E-state index is 12.7. The molecule has 0 aromatic carbocycles. The van der Waals surface area contributed by atoms with E-state index in [0.29, 0.717) is 18.9 Å². The smallest absolute Gasteiger partial charge is 0.312 e. The van der Waals surface area contributed by atoms with Gasteiger partial charge in [0.15, 0.2) is 0 Å². The Morgan fingerprint density at radius 2 is 1.94 bits per heavy atom. The Morgan fingerprint density at radius 1 is 1.17 bits per heavy atom. The zero-order chi connectivity index (χ0) is 13.2. The van der Waals surface area contributed by atoms with Crippen molar-refractivity contribution in [2.45, 2.75) is 56.8 Å². The molecular weight excluding hydrogens is 241 g/mol. The van der Waals surface area contributed by atoms with Crippen molar-refractivity contribution < 1.29 is 13.2 Å². The van der Waals surface area contributed by atoms with E-state index in [-0.39, 0.29) is 12.5 Å². The van der Waals surface area contributed by atoms with Gasteiger partial charge in [-0.3, -0.25) is 0 Å². The predicted octanol–water partition coefficient (Wildman–Crippen LogP) is 2.79. The van der Waals surface area contributed by atoms with E-state index < -0.39 is 12.1 Å². The van der Waals surface area contributed by atoms with Gasteiger partial charge in [0, 0.05) is 18.6 Å². The molecule has 2 rings (SSSR count). The number of likely N-dealkylation sites (N-methyl/N-ethyl adjacent to an activating group) is 1. The van der Waals surface area contributed by atoms with Gasteiger partial charge >= 0.3 is 6.18 Å². The summed E-state index contributed by atoms with van der Waals surface area (Å²) in [6.07, 6.45) is 0.526. The van der Waals surface area contributed by atoms with E-state index in [1.807, 2.05) is 0 Å².